The summed E-state index contributed by atoms with van der Waals surface area (Å²) in [6.07, 6.45) is 0. The van der Waals surface area contributed by atoms with Crippen molar-refractivity contribution in [3.8, 4) is 5.75 Å². The molecule has 0 aromatic heterocycles. The third kappa shape index (κ3) is 1.74. The number of anilines is 1. The Hall–Kier alpha value is -1.65. The molecule has 13 heavy (non-hydrogen) atoms. The summed E-state index contributed by atoms with van der Waals surface area (Å²) in [5.41, 5.74) is 6.64. The fourth-order valence-corrected chi connectivity index (χ4v) is 1.06. The van der Waals surface area contributed by atoms with Crippen LogP contribution in [-0.2, 0) is 0 Å². The molecule has 3 N–H and O–H groups in total. The Morgan fingerprint density at radius 1 is 1.62 bits per heavy atom. The normalized spacial score (nSPS) is 9.62. The van der Waals surface area contributed by atoms with Crippen molar-refractivity contribution in [2.24, 2.45) is 0 Å². The standard InChI is InChI=1S/C8H10BNO3/c1-13-4-2-5(8(11)12)7(10)6(9)3-4/h2-3H,9-10H2,1H3,(H,11,12). The van der Waals surface area contributed by atoms with Crippen molar-refractivity contribution in [2.45, 2.75) is 0 Å². The van der Waals surface area contributed by atoms with E-state index in [1.54, 1.807) is 13.9 Å². The SMILES string of the molecule is Bc1cc(OC)cc(C(=O)O)c1N. The molecular formula is C8H10BNO3. The van der Waals surface area contributed by atoms with Gasteiger partial charge in [0.25, 0.3) is 0 Å². The van der Waals surface area contributed by atoms with Crippen LogP contribution in [0, 0.1) is 0 Å². The highest BCUT2D eigenvalue weighted by Gasteiger charge is 2.11. The van der Waals surface area contributed by atoms with Gasteiger partial charge in [0.05, 0.1) is 12.7 Å². The second-order valence-corrected chi connectivity index (χ2v) is 2.71. The number of rotatable bonds is 2. The van der Waals surface area contributed by atoms with Crippen molar-refractivity contribution >= 4 is 25.0 Å². The first-order valence-corrected chi connectivity index (χ1v) is 3.73. The summed E-state index contributed by atoms with van der Waals surface area (Å²) in [6, 6.07) is 3.10. The van der Waals surface area contributed by atoms with E-state index >= 15 is 0 Å². The molecule has 0 radical (unpaired) electrons. The fourth-order valence-electron chi connectivity index (χ4n) is 1.06. The zero-order valence-electron chi connectivity index (χ0n) is 7.50. The third-order valence-corrected chi connectivity index (χ3v) is 1.83. The molecule has 0 unspecified atom stereocenters. The predicted molar refractivity (Wildman–Crippen MR) is 52.5 cm³/mol. The minimum atomic E-state index is -1.04. The molecule has 1 aromatic carbocycles. The van der Waals surface area contributed by atoms with Gasteiger partial charge in [-0.15, -0.1) is 0 Å². The smallest absolute Gasteiger partial charge is 0.337 e. The van der Waals surface area contributed by atoms with Gasteiger partial charge in [-0.1, -0.05) is 5.46 Å². The molecule has 0 bridgehead atoms. The lowest BCUT2D eigenvalue weighted by Crippen LogP contribution is -2.15. The molecule has 5 heteroatoms. The molecule has 0 amide bonds. The maximum absolute atomic E-state index is 10.7. The van der Waals surface area contributed by atoms with Crippen molar-refractivity contribution in [2.75, 3.05) is 12.8 Å². The largest absolute Gasteiger partial charge is 0.497 e. The minimum Gasteiger partial charge on any atom is -0.497 e. The van der Waals surface area contributed by atoms with Crippen molar-refractivity contribution < 1.29 is 14.6 Å². The summed E-state index contributed by atoms with van der Waals surface area (Å²) >= 11 is 0. The molecule has 0 spiro atoms. The molecule has 0 atom stereocenters. The molecule has 0 saturated carbocycles. The molecule has 0 aliphatic rings. The number of hydrogen-bond donors (Lipinski definition) is 2. The molecule has 4 nitrogen and oxygen atoms in total. The highest BCUT2D eigenvalue weighted by Crippen LogP contribution is 2.16. The van der Waals surface area contributed by atoms with Gasteiger partial charge in [-0.25, -0.2) is 4.79 Å². The molecule has 0 fully saturated rings. The number of benzene rings is 1. The van der Waals surface area contributed by atoms with Crippen LogP contribution in [0.5, 0.6) is 5.75 Å². The zero-order valence-corrected chi connectivity index (χ0v) is 7.50. The van der Waals surface area contributed by atoms with Crippen LogP contribution in [0.2, 0.25) is 0 Å². The van der Waals surface area contributed by atoms with Gasteiger partial charge in [0.2, 0.25) is 0 Å². The van der Waals surface area contributed by atoms with Gasteiger partial charge in [-0.2, -0.15) is 0 Å². The van der Waals surface area contributed by atoms with E-state index < -0.39 is 5.97 Å². The zero-order chi connectivity index (χ0) is 10.0. The Morgan fingerprint density at radius 3 is 2.69 bits per heavy atom. The van der Waals surface area contributed by atoms with Gasteiger partial charge < -0.3 is 15.6 Å². The van der Waals surface area contributed by atoms with Gasteiger partial charge in [0.1, 0.15) is 13.6 Å². The van der Waals surface area contributed by atoms with E-state index in [2.05, 4.69) is 0 Å². The van der Waals surface area contributed by atoms with Crippen LogP contribution in [0.15, 0.2) is 12.1 Å². The monoisotopic (exact) mass is 179 g/mol. The van der Waals surface area contributed by atoms with E-state index in [0.717, 1.165) is 0 Å². The third-order valence-electron chi connectivity index (χ3n) is 1.83. The number of carboxylic acid groups (broad SMARTS) is 1. The lowest BCUT2D eigenvalue weighted by Gasteiger charge is -2.07. The number of aromatic carboxylic acids is 1. The van der Waals surface area contributed by atoms with Crippen molar-refractivity contribution in [1.29, 1.82) is 0 Å². The highest BCUT2D eigenvalue weighted by atomic mass is 16.5. The topological polar surface area (TPSA) is 72.5 Å². The van der Waals surface area contributed by atoms with Crippen LogP contribution < -0.4 is 15.9 Å². The second kappa shape index (κ2) is 3.39. The van der Waals surface area contributed by atoms with E-state index in [-0.39, 0.29) is 11.3 Å². The van der Waals surface area contributed by atoms with Gasteiger partial charge >= 0.3 is 5.97 Å². The van der Waals surface area contributed by atoms with Crippen LogP contribution in [0.3, 0.4) is 0 Å². The van der Waals surface area contributed by atoms with E-state index in [1.165, 1.54) is 13.2 Å². The van der Waals surface area contributed by atoms with Crippen LogP contribution in [0.25, 0.3) is 0 Å². The van der Waals surface area contributed by atoms with Gasteiger partial charge in [0.15, 0.2) is 0 Å². The maximum Gasteiger partial charge on any atom is 0.337 e. The van der Waals surface area contributed by atoms with Gasteiger partial charge in [0, 0.05) is 5.69 Å². The molecule has 1 aromatic rings. The summed E-state index contributed by atoms with van der Waals surface area (Å²) in [6.45, 7) is 0. The lowest BCUT2D eigenvalue weighted by molar-refractivity contribution is 0.0697. The number of nitrogens with two attached hydrogens (primary N) is 1. The number of hydrogen-bond acceptors (Lipinski definition) is 3. The van der Waals surface area contributed by atoms with Crippen LogP contribution in [0.1, 0.15) is 10.4 Å². The number of carboxylic acids is 1. The molecule has 1 rings (SSSR count). The van der Waals surface area contributed by atoms with Crippen molar-refractivity contribution in [3.05, 3.63) is 17.7 Å². The van der Waals surface area contributed by atoms with Gasteiger partial charge in [-0.3, -0.25) is 0 Å². The minimum absolute atomic E-state index is 0.0804. The Balaban J connectivity index is 3.33. The number of ether oxygens (including phenoxy) is 1. The van der Waals surface area contributed by atoms with Crippen LogP contribution >= 0.6 is 0 Å². The molecule has 68 valence electrons. The fraction of sp³-hybridized carbons (Fsp3) is 0.125. The predicted octanol–water partition coefficient (Wildman–Crippen LogP) is -0.766. The Bertz CT molecular complexity index is 351. The molecule has 0 aliphatic heterocycles. The Kier molecular flexibility index (Phi) is 2.46. The maximum atomic E-state index is 10.7. The molecule has 0 saturated heterocycles. The van der Waals surface area contributed by atoms with Crippen molar-refractivity contribution in [1.82, 2.24) is 0 Å². The highest BCUT2D eigenvalue weighted by molar-refractivity contribution is 6.36. The van der Waals surface area contributed by atoms with Crippen LogP contribution in [0.4, 0.5) is 5.69 Å². The van der Waals surface area contributed by atoms with E-state index in [1.807, 2.05) is 0 Å². The first kappa shape index (κ1) is 9.44. The molecule has 0 aliphatic carbocycles. The number of carbonyl (C=O) groups is 1. The van der Waals surface area contributed by atoms with E-state index in [0.29, 0.717) is 11.2 Å². The molecular weight excluding hydrogens is 169 g/mol. The average Bonchev–Trinajstić information content (AvgIpc) is 2.09. The average molecular weight is 179 g/mol. The van der Waals surface area contributed by atoms with Gasteiger partial charge in [-0.05, 0) is 12.1 Å². The number of nitrogen functional groups attached to an aromatic ring is 1. The van der Waals surface area contributed by atoms with Crippen molar-refractivity contribution in [3.63, 3.8) is 0 Å². The molecule has 0 heterocycles. The summed E-state index contributed by atoms with van der Waals surface area (Å²) in [5, 5.41) is 8.77. The summed E-state index contributed by atoms with van der Waals surface area (Å²) < 4.78 is 4.92. The quantitative estimate of drug-likeness (QED) is 0.462. The Morgan fingerprint density at radius 2 is 2.23 bits per heavy atom. The lowest BCUT2D eigenvalue weighted by atomic mass is 9.91. The van der Waals surface area contributed by atoms with E-state index in [9.17, 15) is 4.79 Å². The summed E-state index contributed by atoms with van der Waals surface area (Å²) in [5.74, 6) is -0.538. The first-order valence-electron chi connectivity index (χ1n) is 3.73. The Labute approximate surface area is 76.7 Å². The number of methoxy groups -OCH3 is 1. The summed E-state index contributed by atoms with van der Waals surface area (Å²) in [4.78, 5) is 10.7. The van der Waals surface area contributed by atoms with E-state index in [4.69, 9.17) is 15.6 Å². The summed E-state index contributed by atoms with van der Waals surface area (Å²) in [7, 11) is 3.22. The van der Waals surface area contributed by atoms with Crippen LogP contribution in [-0.4, -0.2) is 26.0 Å². The first-order chi connectivity index (χ1) is 6.06. The second-order valence-electron chi connectivity index (χ2n) is 2.71.